The Bertz CT molecular complexity index is 1540. The van der Waals surface area contributed by atoms with Gasteiger partial charge in [0.05, 0.1) is 17.3 Å². The number of fused-ring (bicyclic) bond motifs is 1. The second-order valence-corrected chi connectivity index (χ2v) is 10.6. The van der Waals surface area contributed by atoms with Gasteiger partial charge < -0.3 is 14.8 Å². The Kier molecular flexibility index (Phi) is 7.50. The highest BCUT2D eigenvalue weighted by atomic mass is 19.1. The summed E-state index contributed by atoms with van der Waals surface area (Å²) < 4.78 is 31.7. The molecule has 11 heteroatoms. The molecule has 1 aliphatic heterocycles. The number of nitrogens with zero attached hydrogens (tertiary/aromatic N) is 7. The summed E-state index contributed by atoms with van der Waals surface area (Å²) in [6, 6.07) is 6.87. The van der Waals surface area contributed by atoms with Crippen molar-refractivity contribution in [2.75, 3.05) is 25.0 Å². The van der Waals surface area contributed by atoms with Gasteiger partial charge >= 0.3 is 0 Å². The first-order valence-electron chi connectivity index (χ1n) is 13.6. The fourth-order valence-corrected chi connectivity index (χ4v) is 5.72. The molecule has 3 aromatic heterocycles. The third-order valence-electron chi connectivity index (χ3n) is 7.46. The van der Waals surface area contributed by atoms with Crippen LogP contribution in [0.2, 0.25) is 0 Å². The Balaban J connectivity index is 1.37. The number of amides is 1. The zero-order valence-electron chi connectivity index (χ0n) is 23.6. The van der Waals surface area contributed by atoms with Gasteiger partial charge in [0.15, 0.2) is 11.6 Å². The predicted octanol–water partition coefficient (Wildman–Crippen LogP) is 5.35. The van der Waals surface area contributed by atoms with Crippen LogP contribution in [0.4, 0.5) is 20.5 Å². The Labute approximate surface area is 232 Å². The Hall–Kier alpha value is -3.99. The van der Waals surface area contributed by atoms with E-state index in [0.29, 0.717) is 35.8 Å². The fourth-order valence-electron chi connectivity index (χ4n) is 5.72. The summed E-state index contributed by atoms with van der Waals surface area (Å²) >= 11 is 0. The first-order chi connectivity index (χ1) is 19.1. The average molecular weight is 549 g/mol. The standard InChI is InChI=1S/C29H34F2N8O/c1-7-38-17(4)14-37(15-18(38)5)28(40)20-8-9-25(32-12-20)35-29-33-13-23(31)26(36-29)21-10-22(30)27-24(11-21)39(16(2)3)19(6)34-27/h8-13,16-18H,7,14-15H2,1-6H3,(H,32,33,35,36)/t17-,18+. The molecule has 1 amide bonds. The number of likely N-dealkylation sites (N-methyl/N-ethyl adjacent to an activating group) is 1. The Morgan fingerprint density at radius 1 is 1.05 bits per heavy atom. The van der Waals surface area contributed by atoms with Crippen LogP contribution in [0.3, 0.4) is 0 Å². The van der Waals surface area contributed by atoms with Crippen molar-refractivity contribution in [2.24, 2.45) is 0 Å². The molecule has 2 atom stereocenters. The summed E-state index contributed by atoms with van der Waals surface area (Å²) in [7, 11) is 0. The van der Waals surface area contributed by atoms with Gasteiger partial charge in [-0.1, -0.05) is 6.92 Å². The lowest BCUT2D eigenvalue weighted by Crippen LogP contribution is -2.57. The Morgan fingerprint density at radius 2 is 1.77 bits per heavy atom. The quantitative estimate of drug-likeness (QED) is 0.347. The largest absolute Gasteiger partial charge is 0.335 e. The first-order valence-corrected chi connectivity index (χ1v) is 13.6. The lowest BCUT2D eigenvalue weighted by Gasteiger charge is -2.44. The first kappa shape index (κ1) is 27.6. The second kappa shape index (κ2) is 10.9. The van der Waals surface area contributed by atoms with Crippen LogP contribution >= 0.6 is 0 Å². The minimum atomic E-state index is -0.683. The molecule has 0 saturated carbocycles. The number of carbonyl (C=O) groups is 1. The number of aromatic nitrogens is 5. The van der Waals surface area contributed by atoms with Crippen molar-refractivity contribution in [3.8, 4) is 11.3 Å². The summed E-state index contributed by atoms with van der Waals surface area (Å²) in [6.07, 6.45) is 2.54. The van der Waals surface area contributed by atoms with Gasteiger partial charge in [-0.15, -0.1) is 0 Å². The molecule has 0 unspecified atom stereocenters. The number of carbonyl (C=O) groups excluding carboxylic acids is 1. The minimum absolute atomic E-state index is 0.0424. The molecular formula is C29H34F2N8O. The van der Waals surface area contributed by atoms with Crippen molar-refractivity contribution in [1.29, 1.82) is 0 Å². The number of anilines is 2. The number of rotatable bonds is 6. The summed E-state index contributed by atoms with van der Waals surface area (Å²) in [5.74, 6) is -0.146. The van der Waals surface area contributed by atoms with Gasteiger partial charge in [0.25, 0.3) is 5.91 Å². The van der Waals surface area contributed by atoms with Gasteiger partial charge in [0.1, 0.15) is 22.9 Å². The fraction of sp³-hybridized carbons (Fsp3) is 0.414. The van der Waals surface area contributed by atoms with Gasteiger partial charge in [0.2, 0.25) is 5.95 Å². The van der Waals surface area contributed by atoms with Gasteiger partial charge in [-0.3, -0.25) is 9.69 Å². The third kappa shape index (κ3) is 5.13. The van der Waals surface area contributed by atoms with Crippen LogP contribution in [0, 0.1) is 18.6 Å². The highest BCUT2D eigenvalue weighted by Gasteiger charge is 2.31. The molecule has 1 aromatic carbocycles. The summed E-state index contributed by atoms with van der Waals surface area (Å²) in [5, 5.41) is 2.96. The van der Waals surface area contributed by atoms with Gasteiger partial charge in [-0.05, 0) is 65.4 Å². The lowest BCUT2D eigenvalue weighted by molar-refractivity contribution is 0.0330. The Morgan fingerprint density at radius 3 is 2.40 bits per heavy atom. The number of nitrogens with one attached hydrogen (secondary N) is 1. The van der Waals surface area contributed by atoms with E-state index < -0.39 is 11.6 Å². The molecule has 0 aliphatic carbocycles. The molecule has 1 fully saturated rings. The molecule has 1 aliphatic rings. The summed E-state index contributed by atoms with van der Waals surface area (Å²) in [4.78, 5) is 34.4. The monoisotopic (exact) mass is 548 g/mol. The van der Waals surface area contributed by atoms with Crippen LogP contribution in [0.5, 0.6) is 0 Å². The summed E-state index contributed by atoms with van der Waals surface area (Å²) in [6.45, 7) is 14.4. The molecule has 5 rings (SSSR count). The molecule has 4 heterocycles. The van der Waals surface area contributed by atoms with E-state index in [1.165, 1.54) is 12.3 Å². The number of hydrogen-bond acceptors (Lipinski definition) is 7. The maximum atomic E-state index is 15.0. The van der Waals surface area contributed by atoms with Crippen LogP contribution in [0.15, 0.2) is 36.7 Å². The highest BCUT2D eigenvalue weighted by molar-refractivity contribution is 5.94. The van der Waals surface area contributed by atoms with Crippen molar-refractivity contribution >= 4 is 28.7 Å². The van der Waals surface area contributed by atoms with Crippen LogP contribution in [0.25, 0.3) is 22.3 Å². The molecule has 4 aromatic rings. The molecule has 40 heavy (non-hydrogen) atoms. The van der Waals surface area contributed by atoms with E-state index in [0.717, 1.165) is 12.7 Å². The van der Waals surface area contributed by atoms with Gasteiger partial charge in [0, 0.05) is 43.0 Å². The van der Waals surface area contributed by atoms with Crippen molar-refractivity contribution in [3.05, 3.63) is 59.7 Å². The summed E-state index contributed by atoms with van der Waals surface area (Å²) in [5.41, 5.74) is 1.51. The highest BCUT2D eigenvalue weighted by Crippen LogP contribution is 2.30. The maximum absolute atomic E-state index is 15.0. The second-order valence-electron chi connectivity index (χ2n) is 10.6. The number of hydrogen-bond donors (Lipinski definition) is 1. The zero-order chi connectivity index (χ0) is 28.7. The molecule has 0 spiro atoms. The number of imidazole rings is 1. The van der Waals surface area contributed by atoms with Gasteiger partial charge in [-0.25, -0.2) is 28.7 Å². The van der Waals surface area contributed by atoms with E-state index in [9.17, 15) is 13.6 Å². The van der Waals surface area contributed by atoms with E-state index in [1.54, 1.807) is 18.2 Å². The van der Waals surface area contributed by atoms with E-state index >= 15 is 0 Å². The van der Waals surface area contributed by atoms with Gasteiger partial charge in [-0.2, -0.15) is 0 Å². The van der Waals surface area contributed by atoms with Crippen LogP contribution < -0.4 is 5.32 Å². The van der Waals surface area contributed by atoms with Crippen molar-refractivity contribution in [2.45, 2.75) is 59.7 Å². The molecule has 0 radical (unpaired) electrons. The predicted molar refractivity (Wildman–Crippen MR) is 151 cm³/mol. The number of benzene rings is 1. The molecule has 1 saturated heterocycles. The number of aryl methyl sites for hydroxylation is 1. The van der Waals surface area contributed by atoms with Crippen molar-refractivity contribution in [1.82, 2.24) is 34.3 Å². The smallest absolute Gasteiger partial charge is 0.255 e. The van der Waals surface area contributed by atoms with E-state index in [2.05, 4.69) is 50.9 Å². The number of piperazine rings is 1. The maximum Gasteiger partial charge on any atom is 0.255 e. The normalized spacial score (nSPS) is 18.1. The van der Waals surface area contributed by atoms with Crippen molar-refractivity contribution < 1.29 is 13.6 Å². The number of halogens is 2. The molecule has 1 N–H and O–H groups in total. The SMILES string of the molecule is CCN1[C@H](C)CN(C(=O)c2ccc(Nc3ncc(F)c(-c4cc(F)c5nc(C)n(C(C)C)c5c4)n3)nc2)C[C@@H]1C. The van der Waals surface area contributed by atoms with E-state index in [1.807, 2.05) is 30.2 Å². The average Bonchev–Trinajstić information content (AvgIpc) is 3.26. The van der Waals surface area contributed by atoms with Crippen molar-refractivity contribution in [3.63, 3.8) is 0 Å². The molecule has 9 nitrogen and oxygen atoms in total. The molecular weight excluding hydrogens is 514 g/mol. The lowest BCUT2D eigenvalue weighted by atomic mass is 10.1. The minimum Gasteiger partial charge on any atom is -0.335 e. The van der Waals surface area contributed by atoms with Crippen LogP contribution in [-0.4, -0.2) is 71.9 Å². The topological polar surface area (TPSA) is 92.1 Å². The molecule has 0 bridgehead atoms. The van der Waals surface area contributed by atoms with E-state index in [4.69, 9.17) is 0 Å². The molecule has 210 valence electrons. The van der Waals surface area contributed by atoms with E-state index in [-0.39, 0.29) is 46.8 Å². The van der Waals surface area contributed by atoms with Crippen LogP contribution in [-0.2, 0) is 0 Å². The third-order valence-corrected chi connectivity index (χ3v) is 7.46. The number of pyridine rings is 1. The zero-order valence-corrected chi connectivity index (χ0v) is 23.6. The van der Waals surface area contributed by atoms with Crippen LogP contribution in [0.1, 0.15) is 56.8 Å².